The van der Waals surface area contributed by atoms with Crippen molar-refractivity contribution in [3.63, 3.8) is 0 Å². The van der Waals surface area contributed by atoms with E-state index < -0.39 is 68.4 Å². The second-order valence-corrected chi connectivity index (χ2v) is 22.9. The Labute approximate surface area is 295 Å². The van der Waals surface area contributed by atoms with Crippen LogP contribution < -0.4 is 22.6 Å². The van der Waals surface area contributed by atoms with E-state index in [9.17, 15) is 30.0 Å². The van der Waals surface area contributed by atoms with Crippen molar-refractivity contribution in [3.05, 3.63) is 32.9 Å². The molecule has 4 aromatic heterocycles. The lowest BCUT2D eigenvalue weighted by Crippen LogP contribution is -2.32. The maximum atomic E-state index is 12.2. The predicted octanol–water partition coefficient (Wildman–Crippen LogP) is -0.204. The Bertz CT molecular complexity index is 2100. The van der Waals surface area contributed by atoms with Crippen LogP contribution in [0, 0.1) is 6.92 Å². The van der Waals surface area contributed by atoms with E-state index in [0.717, 1.165) is 12.3 Å². The molecule has 18 nitrogen and oxygen atoms in total. The number of aliphatic hydroxyl groups is 4. The topological polar surface area (TPSA) is 268 Å². The fourth-order valence-electron chi connectivity index (χ4n) is 5.94. The smallest absolute Gasteiger partial charge is 0.282 e. The molecule has 0 radical (unpaired) electrons. The SMILES string of the molecule is C.C=P(C)(C)CC[C@H]1OC(n2c(N)nc3c(=O)[nH]c(C)nc32)[C@H](O)[C@@H]1O.C=P(C)(C)CC[C@H]1OC(n2cnc3c(=O)n(C)c(N)nc32)[C@H](O)[C@@H]1O. The van der Waals surface area contributed by atoms with Gasteiger partial charge in [-0.05, 0) is 58.7 Å². The predicted molar refractivity (Wildman–Crippen MR) is 204 cm³/mol. The molecule has 0 spiro atoms. The highest BCUT2D eigenvalue weighted by molar-refractivity contribution is 7.72. The Hall–Kier alpha value is -3.34. The van der Waals surface area contributed by atoms with Crippen LogP contribution in [0.15, 0.2) is 15.9 Å². The van der Waals surface area contributed by atoms with Crippen LogP contribution in [-0.2, 0) is 16.5 Å². The molecule has 2 fully saturated rings. The largest absolute Gasteiger partial charge is 0.388 e. The van der Waals surface area contributed by atoms with Crippen LogP contribution in [0.3, 0.4) is 0 Å². The van der Waals surface area contributed by atoms with E-state index in [1.807, 2.05) is 0 Å². The van der Waals surface area contributed by atoms with Crippen LogP contribution in [0.25, 0.3) is 22.3 Å². The molecule has 8 atom stereocenters. The molecule has 4 aromatic rings. The number of imidazole rings is 2. The van der Waals surface area contributed by atoms with E-state index in [4.69, 9.17) is 20.9 Å². The van der Waals surface area contributed by atoms with Crippen LogP contribution in [0.2, 0.25) is 0 Å². The molecule has 2 saturated heterocycles. The number of aliphatic hydroxyl groups excluding tert-OH is 4. The number of nitrogen functional groups attached to an aromatic ring is 2. The molecule has 6 heterocycles. The van der Waals surface area contributed by atoms with E-state index >= 15 is 0 Å². The van der Waals surface area contributed by atoms with E-state index in [1.54, 1.807) is 6.92 Å². The highest BCUT2D eigenvalue weighted by Crippen LogP contribution is 2.41. The van der Waals surface area contributed by atoms with Gasteiger partial charge in [0.05, 0.1) is 18.5 Å². The number of anilines is 2. The lowest BCUT2D eigenvalue weighted by atomic mass is 10.1. The Morgan fingerprint density at radius 2 is 1.35 bits per heavy atom. The molecule has 20 heteroatoms. The normalized spacial score (nSPS) is 26.7. The monoisotopic (exact) mass is 754 g/mol. The number of fused-ring (bicyclic) bond motifs is 2. The van der Waals surface area contributed by atoms with Crippen molar-refractivity contribution in [2.75, 3.05) is 50.5 Å². The molecule has 2 aliphatic heterocycles. The molecule has 0 saturated carbocycles. The Balaban J connectivity index is 0.000000224. The number of H-pyrrole nitrogens is 1. The molecule has 9 N–H and O–H groups in total. The fourth-order valence-corrected chi connectivity index (χ4v) is 7.85. The first kappa shape index (κ1) is 40.4. The summed E-state index contributed by atoms with van der Waals surface area (Å²) in [6.07, 6.45) is 5.19. The number of aryl methyl sites for hydroxylation is 1. The van der Waals surface area contributed by atoms with Gasteiger partial charge in [-0.15, -0.1) is 26.4 Å². The highest BCUT2D eigenvalue weighted by atomic mass is 31.2. The zero-order valence-electron chi connectivity index (χ0n) is 29.0. The second kappa shape index (κ2) is 15.0. The molecular formula is C31H52N10O8P2. The summed E-state index contributed by atoms with van der Waals surface area (Å²) >= 11 is 0. The van der Waals surface area contributed by atoms with Gasteiger partial charge in [0.15, 0.2) is 34.8 Å². The third-order valence-corrected chi connectivity index (χ3v) is 11.7. The van der Waals surface area contributed by atoms with Crippen LogP contribution in [-0.4, -0.2) is 147 Å². The third kappa shape index (κ3) is 8.34. The number of hydrogen-bond donors (Lipinski definition) is 7. The van der Waals surface area contributed by atoms with Gasteiger partial charge in [0, 0.05) is 7.05 Å². The van der Waals surface area contributed by atoms with Crippen molar-refractivity contribution in [1.29, 1.82) is 0 Å². The summed E-state index contributed by atoms with van der Waals surface area (Å²) in [5, 5.41) is 41.5. The van der Waals surface area contributed by atoms with Crippen molar-refractivity contribution in [1.82, 2.24) is 38.6 Å². The first-order valence-electron chi connectivity index (χ1n) is 16.0. The number of hydrogen-bond acceptors (Lipinski definition) is 14. The van der Waals surface area contributed by atoms with Crippen molar-refractivity contribution < 1.29 is 29.9 Å². The van der Waals surface area contributed by atoms with Gasteiger partial charge >= 0.3 is 0 Å². The molecular weight excluding hydrogens is 702 g/mol. The quantitative estimate of drug-likeness (QED) is 0.115. The van der Waals surface area contributed by atoms with Crippen LogP contribution in [0.5, 0.6) is 0 Å². The van der Waals surface area contributed by atoms with Gasteiger partial charge in [0.1, 0.15) is 30.2 Å². The van der Waals surface area contributed by atoms with Gasteiger partial charge in [-0.3, -0.25) is 23.3 Å². The van der Waals surface area contributed by atoms with E-state index in [-0.39, 0.29) is 47.2 Å². The molecule has 6 rings (SSSR count). The Morgan fingerprint density at radius 3 is 1.90 bits per heavy atom. The highest BCUT2D eigenvalue weighted by Gasteiger charge is 2.46. The van der Waals surface area contributed by atoms with Crippen LogP contribution in [0.1, 0.15) is 38.5 Å². The minimum absolute atomic E-state index is 0. The van der Waals surface area contributed by atoms with Crippen molar-refractivity contribution in [2.24, 2.45) is 7.05 Å². The molecule has 0 aliphatic carbocycles. The summed E-state index contributed by atoms with van der Waals surface area (Å²) in [6.45, 7) is 7.50. The molecule has 0 bridgehead atoms. The van der Waals surface area contributed by atoms with Gasteiger partial charge < -0.3 is 46.4 Å². The fraction of sp³-hybridized carbons (Fsp3) is 0.613. The van der Waals surface area contributed by atoms with Crippen molar-refractivity contribution >= 4 is 60.6 Å². The number of nitrogens with one attached hydrogen (secondary N) is 1. The summed E-state index contributed by atoms with van der Waals surface area (Å²) in [4.78, 5) is 43.3. The average molecular weight is 755 g/mol. The first-order valence-corrected chi connectivity index (χ1v) is 22.1. The summed E-state index contributed by atoms with van der Waals surface area (Å²) in [5.41, 5.74) is 11.5. The van der Waals surface area contributed by atoms with E-state index in [0.29, 0.717) is 18.7 Å². The lowest BCUT2D eigenvalue weighted by molar-refractivity contribution is -0.0353. The van der Waals surface area contributed by atoms with Gasteiger partial charge in [0.2, 0.25) is 11.9 Å². The van der Waals surface area contributed by atoms with Crippen LogP contribution >= 0.6 is 13.8 Å². The van der Waals surface area contributed by atoms with Crippen molar-refractivity contribution in [3.8, 4) is 0 Å². The third-order valence-electron chi connectivity index (χ3n) is 8.78. The lowest BCUT2D eigenvalue weighted by Gasteiger charge is -2.19. The van der Waals surface area contributed by atoms with Gasteiger partial charge in [0.25, 0.3) is 11.1 Å². The van der Waals surface area contributed by atoms with Gasteiger partial charge in [-0.25, -0.2) is 15.0 Å². The maximum Gasteiger partial charge on any atom is 0.282 e. The summed E-state index contributed by atoms with van der Waals surface area (Å²) in [6, 6.07) is 0. The number of nitrogens with two attached hydrogens (primary N) is 2. The number of ether oxygens (including phenoxy) is 2. The minimum atomic E-state index is -1.28. The van der Waals surface area contributed by atoms with E-state index in [1.165, 1.54) is 27.1 Å². The second-order valence-electron chi connectivity index (χ2n) is 14.3. The van der Waals surface area contributed by atoms with E-state index in [2.05, 4.69) is 64.2 Å². The number of rotatable bonds is 8. The summed E-state index contributed by atoms with van der Waals surface area (Å²) in [5.74, 6) is 0.430. The van der Waals surface area contributed by atoms with Gasteiger partial charge in [-0.2, -0.15) is 4.98 Å². The minimum Gasteiger partial charge on any atom is -0.388 e. The summed E-state index contributed by atoms with van der Waals surface area (Å²) in [7, 11) is 1.51. The number of nitrogens with zero attached hydrogens (tertiary/aromatic N) is 7. The average Bonchev–Trinajstić information content (AvgIpc) is 3.73. The molecule has 0 aromatic carbocycles. The molecule has 2 unspecified atom stereocenters. The maximum absolute atomic E-state index is 12.2. The zero-order chi connectivity index (χ0) is 37.0. The zero-order valence-corrected chi connectivity index (χ0v) is 30.8. The Morgan fingerprint density at radius 1 is 0.824 bits per heavy atom. The van der Waals surface area contributed by atoms with Gasteiger partial charge in [-0.1, -0.05) is 7.43 Å². The standard InChI is InChI=1S/2C15H24N5O4P.CH4/c1-19-13(23)9-12(18-15(19)16)20(7-17-9)14-11(22)10(21)8(24-14)5-6-25(2,3)4;1-7-17-12-9(13(23)18-7)19-15(16)20(12)14-11(22)10(21)8(24-14)5-6-25(2,3)4;/h7-8,10-11,14,21-22H,2,5-6H2,1,3-4H3,(H2,16,18);8,10-11,14,21-22H,2,5-6H2,1,3-4H3,(H2,16,19)(H,17,18,23);1H4/t2*8-,10-,11-,14?;/m11./s1. The molecule has 2 aliphatic rings. The number of aromatic amines is 1. The summed E-state index contributed by atoms with van der Waals surface area (Å²) < 4.78 is 15.8. The number of aromatic nitrogens is 8. The molecule has 284 valence electrons. The Kier molecular flexibility index (Phi) is 11.9. The molecule has 0 amide bonds. The first-order chi connectivity index (χ1) is 23.2. The van der Waals surface area contributed by atoms with Crippen molar-refractivity contribution in [2.45, 2.75) is 76.3 Å². The van der Waals surface area contributed by atoms with Crippen LogP contribution in [0.4, 0.5) is 11.9 Å². The molecule has 51 heavy (non-hydrogen) atoms.